The molecule has 0 spiro atoms. The molecule has 9 atom stereocenters. The lowest BCUT2D eigenvalue weighted by atomic mass is 9.78. The number of pyridine rings is 1. The number of aromatic hydroxyl groups is 1. The average molecular weight is 1220 g/mol. The van der Waals surface area contributed by atoms with Crippen LogP contribution in [0.3, 0.4) is 0 Å². The Kier molecular flexibility index (Phi) is 18.3. The Morgan fingerprint density at radius 1 is 0.818 bits per heavy atom. The Hall–Kier alpha value is -7.64. The molecular weight excluding hydrogens is 1140 g/mol. The lowest BCUT2D eigenvalue weighted by molar-refractivity contribution is -0.116. The molecule has 1 saturated carbocycles. The first-order valence-electron chi connectivity index (χ1n) is 30.3. The number of benzene rings is 2. The minimum absolute atomic E-state index is 0.0276. The number of aromatic nitrogens is 1. The molecule has 8 aliphatic rings. The normalized spacial score (nSPS) is 29.3. The van der Waals surface area contributed by atoms with Gasteiger partial charge in [-0.3, -0.25) is 24.0 Å². The minimum Gasteiger partial charge on any atom is -0.507 e. The zero-order valence-electron chi connectivity index (χ0n) is 51.1. The number of carbonyl (C=O) groups is 6. The maximum Gasteiger partial charge on any atom is 0.410 e. The van der Waals surface area contributed by atoms with Crippen LogP contribution in [0.1, 0.15) is 133 Å². The van der Waals surface area contributed by atoms with Crippen molar-refractivity contribution < 1.29 is 82.0 Å². The van der Waals surface area contributed by atoms with Crippen molar-refractivity contribution in [2.45, 2.75) is 135 Å². The summed E-state index contributed by atoms with van der Waals surface area (Å²) in [7, 11) is 2.84. The highest BCUT2D eigenvalue weighted by atomic mass is 19.1. The highest BCUT2D eigenvalue weighted by Gasteiger charge is 2.53. The number of methoxy groups -OCH3 is 2. The van der Waals surface area contributed by atoms with E-state index in [9.17, 15) is 54.0 Å². The average Bonchev–Trinajstić information content (AvgIpc) is 1.45. The van der Waals surface area contributed by atoms with Crippen LogP contribution in [-0.4, -0.2) is 179 Å². The molecule has 88 heavy (non-hydrogen) atoms. The van der Waals surface area contributed by atoms with Crippen LogP contribution in [0.15, 0.2) is 64.6 Å². The number of carboxylic acids is 1. The van der Waals surface area contributed by atoms with E-state index >= 15 is 4.39 Å². The van der Waals surface area contributed by atoms with Crippen LogP contribution in [-0.2, 0) is 23.7 Å². The molecule has 0 unspecified atom stereocenters. The number of fused-ring (bicyclic) bond motifs is 15. The molecule has 2 aromatic carbocycles. The summed E-state index contributed by atoms with van der Waals surface area (Å²) in [5.41, 5.74) is -2.28. The maximum absolute atomic E-state index is 16.1. The Labute approximate surface area is 508 Å². The van der Waals surface area contributed by atoms with Gasteiger partial charge >= 0.3 is 17.8 Å². The standard InChI is InChI=1S/C64H79FN6O17/c1-31-11-10-12-32(2)61(79)67-47-50(69-24-27-85-28-25-69)56(77)44-45(55(47)76)53(74)36(6)58-46(44)60(78)64(7,88-58)86-26-19-43(83-8)33(3)57(35(5)52(73)34(4)51(31)72)87-63(82)70-22-17-38(18-23-70)66-37-15-20-68(21-16-37)49-42(65)29-40-48(59(49)84-9)71(39-13-14-39)30-41(54(40)75)62(80)81/h10-12,19,26,29-31,33-35,37-39,43,51-52,57,66,72-74H,13-18,20-25,27-28H2,1-9H3,(H,67,79)(H,80,81)/b11-10+,26-19+,32-12-/t31-,33+,34+,35+,43-,51-,52+,57+,64-/m0/s1. The molecule has 4 fully saturated rings. The molecule has 2 aliphatic carbocycles. The number of piperidine rings is 2. The summed E-state index contributed by atoms with van der Waals surface area (Å²) < 4.78 is 54.0. The van der Waals surface area contributed by atoms with Crippen molar-refractivity contribution in [3.05, 3.63) is 104 Å². The van der Waals surface area contributed by atoms with E-state index in [0.717, 1.165) is 18.9 Å². The largest absolute Gasteiger partial charge is 0.507 e. The molecule has 23 nitrogen and oxygen atoms in total. The Bertz CT molecular complexity index is 3500. The van der Waals surface area contributed by atoms with E-state index in [-0.39, 0.29) is 95.1 Å². The second-order valence-corrected chi connectivity index (χ2v) is 24.5. The summed E-state index contributed by atoms with van der Waals surface area (Å²) in [6.07, 6.45) is 7.68. The van der Waals surface area contributed by atoms with Crippen molar-refractivity contribution in [2.75, 3.05) is 71.6 Å². The van der Waals surface area contributed by atoms with Gasteiger partial charge in [-0.2, -0.15) is 0 Å². The number of halogens is 1. The number of aliphatic hydroxyl groups excluding tert-OH is 2. The van der Waals surface area contributed by atoms with Crippen LogP contribution >= 0.6 is 0 Å². The second-order valence-electron chi connectivity index (χ2n) is 24.5. The van der Waals surface area contributed by atoms with Gasteiger partial charge < -0.3 is 78.7 Å². The number of aromatic carboxylic acids is 1. The summed E-state index contributed by atoms with van der Waals surface area (Å²) in [6, 6.07) is 1.18. The summed E-state index contributed by atoms with van der Waals surface area (Å²) in [4.78, 5) is 103. The van der Waals surface area contributed by atoms with Gasteiger partial charge in [0.05, 0.1) is 72.5 Å². The molecule has 6 aliphatic heterocycles. The second kappa shape index (κ2) is 25.5. The lowest BCUT2D eigenvalue weighted by Gasteiger charge is -2.40. The van der Waals surface area contributed by atoms with E-state index in [0.29, 0.717) is 57.4 Å². The van der Waals surface area contributed by atoms with Crippen LogP contribution in [0.25, 0.3) is 10.9 Å². The summed E-state index contributed by atoms with van der Waals surface area (Å²) in [6.45, 7) is 13.4. The van der Waals surface area contributed by atoms with Crippen molar-refractivity contribution in [3.63, 3.8) is 0 Å². The fraction of sp³-hybridized carbons (Fsp3) is 0.547. The predicted molar refractivity (Wildman–Crippen MR) is 318 cm³/mol. The van der Waals surface area contributed by atoms with Gasteiger partial charge in [0.1, 0.15) is 40.2 Å². The van der Waals surface area contributed by atoms with Crippen LogP contribution < -0.4 is 30.4 Å². The zero-order valence-corrected chi connectivity index (χ0v) is 51.1. The van der Waals surface area contributed by atoms with Crippen LogP contribution in [0.2, 0.25) is 0 Å². The Morgan fingerprint density at radius 2 is 1.48 bits per heavy atom. The number of aliphatic hydroxyl groups is 2. The van der Waals surface area contributed by atoms with E-state index in [1.54, 1.807) is 54.2 Å². The van der Waals surface area contributed by atoms with E-state index in [4.69, 9.17) is 28.4 Å². The summed E-state index contributed by atoms with van der Waals surface area (Å²) >= 11 is 0. The maximum atomic E-state index is 16.1. The molecule has 6 N–H and O–H groups in total. The van der Waals surface area contributed by atoms with E-state index in [1.165, 1.54) is 59.6 Å². The quantitative estimate of drug-likeness (QED) is 0.141. The number of rotatable bonds is 9. The number of hydrogen-bond acceptors (Lipinski definition) is 19. The molecule has 3 aromatic rings. The first-order valence-corrected chi connectivity index (χ1v) is 30.3. The third-order valence-corrected chi connectivity index (χ3v) is 18.8. The zero-order chi connectivity index (χ0) is 63.4. The molecule has 3 saturated heterocycles. The number of allylic oxidation sites excluding steroid dienone is 4. The fourth-order valence-electron chi connectivity index (χ4n) is 13.3. The SMILES string of the molecule is COc1c(N2CCC(NC3CCN(C(=O)O[C@H]4[C@H](C)[C@H](O)[C@H](C)[C@@H](O)[C@@H](C)/C=C/C=C(/C)C(=O)NC5=C(N6CCOCC6)C(=O)c6c(c(O)c(C)c7c6C(=O)[C@@](C)(O/C=C/[C@H](OC)[C@H]4C)O7)C5=O)CC3)CC2)c(F)cc2c(=O)c(C(=O)O)cn(C3CC3)c12. The third kappa shape index (κ3) is 11.8. The van der Waals surface area contributed by atoms with E-state index in [1.807, 2.05) is 4.90 Å². The molecule has 5 bridgehead atoms. The number of nitrogens with one attached hydrogen (secondary N) is 2. The van der Waals surface area contributed by atoms with Crippen molar-refractivity contribution in [3.8, 4) is 17.2 Å². The van der Waals surface area contributed by atoms with Gasteiger partial charge in [-0.15, -0.1) is 0 Å². The van der Waals surface area contributed by atoms with Crippen LogP contribution in [0.4, 0.5) is 14.9 Å². The number of hydrogen-bond donors (Lipinski definition) is 6. The number of anilines is 1. The van der Waals surface area contributed by atoms with Crippen LogP contribution in [0, 0.1) is 36.4 Å². The number of likely N-dealkylation sites (tertiary alicyclic amines) is 1. The van der Waals surface area contributed by atoms with Crippen LogP contribution in [0.5, 0.6) is 17.2 Å². The number of carboxylic acid groups (broad SMARTS) is 1. The van der Waals surface area contributed by atoms with Gasteiger partial charge in [-0.05, 0) is 64.5 Å². The molecule has 1 aromatic heterocycles. The number of morpholine rings is 1. The highest BCUT2D eigenvalue weighted by Crippen LogP contribution is 2.50. The monoisotopic (exact) mass is 1220 g/mol. The number of carbonyl (C=O) groups excluding carboxylic acids is 5. The first kappa shape index (κ1) is 63.4. The van der Waals surface area contributed by atoms with Gasteiger partial charge in [-0.1, -0.05) is 45.9 Å². The number of phenolic OH excluding ortho intramolecular Hbond substituents is 1. The van der Waals surface area contributed by atoms with Gasteiger partial charge in [0.25, 0.3) is 11.7 Å². The van der Waals surface area contributed by atoms with Gasteiger partial charge in [0.15, 0.2) is 11.6 Å². The number of phenols is 1. The van der Waals surface area contributed by atoms with E-state index < -0.39 is 123 Å². The number of ether oxygens (including phenoxy) is 6. The third-order valence-electron chi connectivity index (χ3n) is 18.8. The minimum atomic E-state index is -2.15. The summed E-state index contributed by atoms with van der Waals surface area (Å²) in [5, 5.41) is 51.7. The van der Waals surface area contributed by atoms with Gasteiger partial charge in [0.2, 0.25) is 17.0 Å². The van der Waals surface area contributed by atoms with Gasteiger partial charge in [-0.25, -0.2) is 14.0 Å². The smallest absolute Gasteiger partial charge is 0.410 e. The number of nitrogens with zero attached hydrogens (tertiary/aromatic N) is 4. The lowest BCUT2D eigenvalue weighted by Crippen LogP contribution is -2.52. The highest BCUT2D eigenvalue weighted by molar-refractivity contribution is 6.32. The molecule has 474 valence electrons. The number of Topliss-reactive ketones (excluding diaryl/α,β-unsaturated/α-hetero) is 3. The first-order chi connectivity index (χ1) is 41.9. The van der Waals surface area contributed by atoms with Gasteiger partial charge in [0, 0.05) is 112 Å². The number of amides is 2. The molecule has 7 heterocycles. The molecule has 2 amide bonds. The number of ketones is 3. The molecular formula is C64H79FN6O17. The van der Waals surface area contributed by atoms with Crippen molar-refractivity contribution in [1.29, 1.82) is 0 Å². The summed E-state index contributed by atoms with van der Waals surface area (Å²) in [5.74, 6) is -11.1. The van der Waals surface area contributed by atoms with Crippen molar-refractivity contribution >= 4 is 51.9 Å². The van der Waals surface area contributed by atoms with Crippen molar-refractivity contribution in [1.82, 2.24) is 25.0 Å². The van der Waals surface area contributed by atoms with E-state index in [2.05, 4.69) is 10.6 Å². The predicted octanol–water partition coefficient (Wildman–Crippen LogP) is 6.08. The molecule has 11 rings (SSSR count). The Balaban J connectivity index is 0.860. The molecule has 0 radical (unpaired) electrons. The fourth-order valence-corrected chi connectivity index (χ4v) is 13.3. The topological polar surface area (TPSA) is 294 Å². The van der Waals surface area contributed by atoms with Crippen molar-refractivity contribution in [2.24, 2.45) is 23.7 Å². The molecule has 24 heteroatoms. The Morgan fingerprint density at radius 3 is 2.10 bits per heavy atom.